The van der Waals surface area contributed by atoms with E-state index < -0.39 is 0 Å². The maximum absolute atomic E-state index is 11.8. The van der Waals surface area contributed by atoms with Gasteiger partial charge in [-0.1, -0.05) is 24.3 Å². The molecule has 3 heteroatoms. The van der Waals surface area contributed by atoms with E-state index in [1.54, 1.807) is 0 Å². The zero-order valence-corrected chi connectivity index (χ0v) is 9.31. The van der Waals surface area contributed by atoms with Crippen LogP contribution < -0.4 is 0 Å². The number of hydrogen-bond donors (Lipinski definition) is 0. The number of carbonyl (C=O) groups excluding carboxylic acids is 1. The van der Waals surface area contributed by atoms with Crippen molar-refractivity contribution in [2.24, 2.45) is 0 Å². The van der Waals surface area contributed by atoms with E-state index in [1.165, 1.54) is 11.1 Å². The highest BCUT2D eigenvalue weighted by Gasteiger charge is 2.28. The lowest BCUT2D eigenvalue weighted by atomic mass is 9.91. The molecule has 0 amide bonds. The quantitative estimate of drug-likeness (QED) is 0.749. The Bertz CT molecular complexity index is 447. The van der Waals surface area contributed by atoms with E-state index in [0.29, 0.717) is 0 Å². The maximum atomic E-state index is 11.8. The van der Waals surface area contributed by atoms with Gasteiger partial charge in [-0.15, -0.1) is 0 Å². The molecule has 0 bridgehead atoms. The van der Waals surface area contributed by atoms with Gasteiger partial charge in [0, 0.05) is 6.54 Å². The van der Waals surface area contributed by atoms with Crippen LogP contribution in [0.3, 0.4) is 0 Å². The van der Waals surface area contributed by atoms with Gasteiger partial charge in [0.2, 0.25) is 0 Å². The molecule has 1 aliphatic rings. The fourth-order valence-corrected chi connectivity index (χ4v) is 2.21. The molecule has 1 aliphatic heterocycles. The highest BCUT2D eigenvalue weighted by molar-refractivity contribution is 5.86. The number of hydrogen-bond acceptors (Lipinski definition) is 3. The molecule has 1 aromatic rings. The van der Waals surface area contributed by atoms with E-state index >= 15 is 0 Å². The molecule has 1 aromatic carbocycles. The molecular formula is C13H14N2O. The van der Waals surface area contributed by atoms with Crippen LogP contribution in [0.25, 0.3) is 0 Å². The average Bonchev–Trinajstić information content (AvgIpc) is 2.28. The predicted molar refractivity (Wildman–Crippen MR) is 60.6 cm³/mol. The minimum absolute atomic E-state index is 0.0111. The van der Waals surface area contributed by atoms with Crippen molar-refractivity contribution in [1.82, 2.24) is 4.90 Å². The number of fused-ring (bicyclic) bond motifs is 1. The van der Waals surface area contributed by atoms with E-state index in [2.05, 4.69) is 12.1 Å². The number of carbonyl (C=O) groups is 1. The molecule has 2 rings (SSSR count). The lowest BCUT2D eigenvalue weighted by molar-refractivity contribution is -0.123. The summed E-state index contributed by atoms with van der Waals surface area (Å²) in [7, 11) is 1.94. The van der Waals surface area contributed by atoms with E-state index in [0.717, 1.165) is 13.0 Å². The normalized spacial score (nSPS) is 19.9. The zero-order chi connectivity index (χ0) is 11.5. The molecular weight excluding hydrogens is 200 g/mol. The molecule has 0 saturated carbocycles. The lowest BCUT2D eigenvalue weighted by Crippen LogP contribution is -2.42. The van der Waals surface area contributed by atoms with Gasteiger partial charge in [0.05, 0.1) is 18.5 Å². The van der Waals surface area contributed by atoms with Crippen molar-refractivity contribution >= 4 is 5.78 Å². The summed E-state index contributed by atoms with van der Waals surface area (Å²) >= 11 is 0. The van der Waals surface area contributed by atoms with Crippen molar-refractivity contribution in [2.45, 2.75) is 25.4 Å². The minimum atomic E-state index is -0.130. The topological polar surface area (TPSA) is 44.1 Å². The third kappa shape index (κ3) is 1.98. The van der Waals surface area contributed by atoms with Gasteiger partial charge in [-0.25, -0.2) is 0 Å². The van der Waals surface area contributed by atoms with Gasteiger partial charge in [0.1, 0.15) is 0 Å². The van der Waals surface area contributed by atoms with Crippen molar-refractivity contribution in [2.75, 3.05) is 7.05 Å². The first-order chi connectivity index (χ1) is 7.72. The molecule has 0 spiro atoms. The summed E-state index contributed by atoms with van der Waals surface area (Å²) in [6, 6.07) is 9.98. The lowest BCUT2D eigenvalue weighted by Gasteiger charge is -2.32. The van der Waals surface area contributed by atoms with Crippen LogP contribution in [0.2, 0.25) is 0 Å². The standard InChI is InChI=1S/C13H14N2O/c1-15-9-11-5-3-2-4-10(11)8-12(15)13(16)6-7-14/h2-5,12H,6,8-9H2,1H3. The van der Waals surface area contributed by atoms with Crippen LogP contribution in [0.5, 0.6) is 0 Å². The summed E-state index contributed by atoms with van der Waals surface area (Å²) in [5.74, 6) is 0.0273. The van der Waals surface area contributed by atoms with Crippen molar-refractivity contribution in [1.29, 1.82) is 5.26 Å². The van der Waals surface area contributed by atoms with E-state index in [-0.39, 0.29) is 18.2 Å². The molecule has 0 radical (unpaired) electrons. The van der Waals surface area contributed by atoms with Crippen LogP contribution in [0.15, 0.2) is 24.3 Å². The summed E-state index contributed by atoms with van der Waals surface area (Å²) in [5.41, 5.74) is 2.52. The van der Waals surface area contributed by atoms with Crippen molar-refractivity contribution in [3.05, 3.63) is 35.4 Å². The molecule has 0 aliphatic carbocycles. The van der Waals surface area contributed by atoms with Crippen LogP contribution in [0.4, 0.5) is 0 Å². The van der Waals surface area contributed by atoms with E-state index in [1.807, 2.05) is 30.1 Å². The van der Waals surface area contributed by atoms with Gasteiger partial charge < -0.3 is 0 Å². The number of benzene rings is 1. The highest BCUT2D eigenvalue weighted by Crippen LogP contribution is 2.22. The largest absolute Gasteiger partial charge is 0.297 e. The Hall–Kier alpha value is -1.66. The monoisotopic (exact) mass is 214 g/mol. The second-order valence-electron chi connectivity index (χ2n) is 4.20. The summed E-state index contributed by atoms with van der Waals surface area (Å²) in [4.78, 5) is 13.8. The minimum Gasteiger partial charge on any atom is -0.297 e. The van der Waals surface area contributed by atoms with Gasteiger partial charge in [0.25, 0.3) is 0 Å². The van der Waals surface area contributed by atoms with Crippen LogP contribution in [-0.4, -0.2) is 23.8 Å². The Balaban J connectivity index is 2.22. The molecule has 16 heavy (non-hydrogen) atoms. The summed E-state index contributed by atoms with van der Waals surface area (Å²) in [6.45, 7) is 0.790. The number of rotatable bonds is 2. The predicted octanol–water partition coefficient (Wildman–Crippen LogP) is 1.53. The molecule has 0 aromatic heterocycles. The molecule has 0 saturated heterocycles. The third-order valence-corrected chi connectivity index (χ3v) is 3.11. The van der Waals surface area contributed by atoms with Crippen LogP contribution in [0.1, 0.15) is 17.5 Å². The molecule has 1 atom stereocenters. The first kappa shape index (κ1) is 10.8. The van der Waals surface area contributed by atoms with Crippen molar-refractivity contribution in [3.63, 3.8) is 0 Å². The molecule has 1 heterocycles. The molecule has 82 valence electrons. The molecule has 1 unspecified atom stereocenters. The van der Waals surface area contributed by atoms with Gasteiger partial charge >= 0.3 is 0 Å². The van der Waals surface area contributed by atoms with E-state index in [4.69, 9.17) is 5.26 Å². The first-order valence-corrected chi connectivity index (χ1v) is 5.39. The van der Waals surface area contributed by atoms with Crippen LogP contribution in [-0.2, 0) is 17.8 Å². The Kier molecular flexibility index (Phi) is 3.02. The van der Waals surface area contributed by atoms with Gasteiger partial charge in [-0.05, 0) is 24.6 Å². The average molecular weight is 214 g/mol. The zero-order valence-electron chi connectivity index (χ0n) is 9.31. The Morgan fingerprint density at radius 3 is 2.88 bits per heavy atom. The number of Topliss-reactive ketones (excluding diaryl/α,β-unsaturated/α-hetero) is 1. The number of nitriles is 1. The number of likely N-dealkylation sites (N-methyl/N-ethyl adjacent to an activating group) is 1. The maximum Gasteiger partial charge on any atom is 0.164 e. The van der Waals surface area contributed by atoms with Crippen LogP contribution in [0, 0.1) is 11.3 Å². The van der Waals surface area contributed by atoms with Gasteiger partial charge in [-0.3, -0.25) is 9.69 Å². The molecule has 3 nitrogen and oxygen atoms in total. The second-order valence-corrected chi connectivity index (χ2v) is 4.20. The Morgan fingerprint density at radius 1 is 1.50 bits per heavy atom. The molecule has 0 N–H and O–H groups in total. The van der Waals surface area contributed by atoms with Gasteiger partial charge in [-0.2, -0.15) is 5.26 Å². The fourth-order valence-electron chi connectivity index (χ4n) is 2.21. The summed E-state index contributed by atoms with van der Waals surface area (Å²) in [6.07, 6.45) is 0.740. The fraction of sp³-hybridized carbons (Fsp3) is 0.385. The Morgan fingerprint density at radius 2 is 2.19 bits per heavy atom. The highest BCUT2D eigenvalue weighted by atomic mass is 16.1. The summed E-state index contributed by atoms with van der Waals surface area (Å²) in [5, 5.41) is 8.56. The van der Waals surface area contributed by atoms with Crippen LogP contribution >= 0.6 is 0 Å². The third-order valence-electron chi connectivity index (χ3n) is 3.11. The smallest absolute Gasteiger partial charge is 0.164 e. The molecule has 0 fully saturated rings. The second kappa shape index (κ2) is 4.46. The van der Waals surface area contributed by atoms with E-state index in [9.17, 15) is 4.79 Å². The summed E-state index contributed by atoms with van der Waals surface area (Å²) < 4.78 is 0. The van der Waals surface area contributed by atoms with Gasteiger partial charge in [0.15, 0.2) is 5.78 Å². The van der Waals surface area contributed by atoms with Crippen molar-refractivity contribution < 1.29 is 4.79 Å². The SMILES string of the molecule is CN1Cc2ccccc2CC1C(=O)CC#N. The van der Waals surface area contributed by atoms with Crippen molar-refractivity contribution in [3.8, 4) is 6.07 Å². The number of ketones is 1. The number of nitrogens with zero attached hydrogens (tertiary/aromatic N) is 2. The first-order valence-electron chi connectivity index (χ1n) is 5.39. The Labute approximate surface area is 95.3 Å².